The van der Waals surface area contributed by atoms with Crippen LogP contribution in [0.25, 0.3) is 0 Å². The Morgan fingerprint density at radius 1 is 0.882 bits per heavy atom. The minimum atomic E-state index is -0.566. The van der Waals surface area contributed by atoms with E-state index >= 15 is 0 Å². The van der Waals surface area contributed by atoms with Crippen molar-refractivity contribution in [2.75, 3.05) is 0 Å². The summed E-state index contributed by atoms with van der Waals surface area (Å²) >= 11 is -0.566. The van der Waals surface area contributed by atoms with Crippen LogP contribution in [0.4, 0.5) is 0 Å². The molecule has 90 valence electrons. The molecule has 0 aromatic carbocycles. The van der Waals surface area contributed by atoms with Crippen molar-refractivity contribution in [1.82, 2.24) is 0 Å². The zero-order chi connectivity index (χ0) is 12.5. The number of hydrogen-bond acceptors (Lipinski definition) is 0. The molecule has 2 unspecified atom stereocenters. The van der Waals surface area contributed by atoms with Crippen LogP contribution in [0.15, 0.2) is 47.6 Å². The topological polar surface area (TPSA) is 0 Å². The van der Waals surface area contributed by atoms with Crippen LogP contribution in [0, 0.1) is 0 Å². The van der Waals surface area contributed by atoms with Crippen molar-refractivity contribution < 1.29 is 23.2 Å². The van der Waals surface area contributed by atoms with E-state index in [1.165, 1.54) is 24.0 Å². The Kier molecular flexibility index (Phi) is 3.78. The van der Waals surface area contributed by atoms with Gasteiger partial charge in [0.15, 0.2) is 0 Å². The summed E-state index contributed by atoms with van der Waals surface area (Å²) in [6.07, 6.45) is 17.2. The molecule has 2 atom stereocenters. The summed E-state index contributed by atoms with van der Waals surface area (Å²) in [4.78, 5) is 0. The molecule has 0 spiro atoms. The summed E-state index contributed by atoms with van der Waals surface area (Å²) in [5.41, 5.74) is 2.92. The van der Waals surface area contributed by atoms with Gasteiger partial charge >= 0.3 is 118 Å². The maximum atomic E-state index is 2.53. The first-order chi connectivity index (χ1) is 8.03. The second kappa shape index (κ2) is 4.84. The van der Waals surface area contributed by atoms with Crippen LogP contribution in [0.2, 0.25) is 6.25 Å². The van der Waals surface area contributed by atoms with Gasteiger partial charge in [-0.2, -0.15) is 0 Å². The van der Waals surface area contributed by atoms with Gasteiger partial charge in [0.25, 0.3) is 0 Å². The van der Waals surface area contributed by atoms with Crippen LogP contribution in [-0.2, 0) is 23.2 Å². The molecular formula is C16H22Zr. The summed E-state index contributed by atoms with van der Waals surface area (Å²) in [7, 11) is 0. The van der Waals surface area contributed by atoms with Crippen molar-refractivity contribution in [3.05, 3.63) is 47.6 Å². The van der Waals surface area contributed by atoms with E-state index in [0.717, 1.165) is 0 Å². The van der Waals surface area contributed by atoms with Crippen molar-refractivity contribution in [2.45, 2.75) is 46.8 Å². The predicted octanol–water partition coefficient (Wildman–Crippen LogP) is 5.24. The van der Waals surface area contributed by atoms with E-state index < -0.39 is 23.2 Å². The number of allylic oxidation sites excluding steroid dienone is 8. The Morgan fingerprint density at radius 3 is 1.53 bits per heavy atom. The molecule has 2 rings (SSSR count). The molecule has 2 aliphatic rings. The molecule has 1 heteroatoms. The third kappa shape index (κ3) is 2.65. The normalized spacial score (nSPS) is 35.1. The summed E-state index contributed by atoms with van der Waals surface area (Å²) in [5.74, 6) is 0. The molecule has 0 nitrogen and oxygen atoms in total. The van der Waals surface area contributed by atoms with Crippen LogP contribution >= 0.6 is 0 Å². The maximum absolute atomic E-state index is 2.53. The van der Waals surface area contributed by atoms with Crippen molar-refractivity contribution in [3.63, 3.8) is 0 Å². The third-order valence-corrected chi connectivity index (χ3v) is 9.45. The van der Waals surface area contributed by atoms with Crippen LogP contribution in [0.5, 0.6) is 0 Å². The summed E-state index contributed by atoms with van der Waals surface area (Å²) < 4.78 is 0.907. The molecule has 0 aromatic rings. The van der Waals surface area contributed by atoms with Gasteiger partial charge in [-0.05, 0) is 0 Å². The van der Waals surface area contributed by atoms with E-state index in [0.29, 0.717) is 6.25 Å². The van der Waals surface area contributed by atoms with Gasteiger partial charge in [0.1, 0.15) is 0 Å². The average molecular weight is 306 g/mol. The van der Waals surface area contributed by atoms with Gasteiger partial charge in [-0.1, -0.05) is 0 Å². The molecule has 0 amide bonds. The molecule has 2 aliphatic carbocycles. The Bertz CT molecular complexity index is 385. The zero-order valence-corrected chi connectivity index (χ0v) is 13.8. The third-order valence-electron chi connectivity index (χ3n) is 3.89. The van der Waals surface area contributed by atoms with Crippen LogP contribution < -0.4 is 0 Å². The van der Waals surface area contributed by atoms with E-state index in [1.807, 2.05) is 0 Å². The SMILES string of the molecule is CC[C]1([Zr][C]2(CC)C=CC(C)=C2)C=CC(C)=C1. The van der Waals surface area contributed by atoms with E-state index in [1.54, 1.807) is 0 Å². The van der Waals surface area contributed by atoms with Gasteiger partial charge in [-0.25, -0.2) is 0 Å². The van der Waals surface area contributed by atoms with Crippen molar-refractivity contribution >= 4 is 0 Å². The summed E-state index contributed by atoms with van der Waals surface area (Å²) in [6.45, 7) is 9.16. The molecule has 0 saturated heterocycles. The second-order valence-electron chi connectivity index (χ2n) is 5.36. The summed E-state index contributed by atoms with van der Waals surface area (Å²) in [5, 5.41) is 0. The van der Waals surface area contributed by atoms with Crippen LogP contribution in [0.3, 0.4) is 0 Å². The fourth-order valence-electron chi connectivity index (χ4n) is 2.77. The summed E-state index contributed by atoms with van der Waals surface area (Å²) in [6, 6.07) is 0. The van der Waals surface area contributed by atoms with Gasteiger partial charge in [0.2, 0.25) is 0 Å². The molecule has 0 aromatic heterocycles. The molecule has 0 saturated carbocycles. The Balaban J connectivity index is 2.26. The number of hydrogen-bond donors (Lipinski definition) is 0. The molecule has 0 radical (unpaired) electrons. The van der Waals surface area contributed by atoms with Crippen molar-refractivity contribution in [2.24, 2.45) is 0 Å². The quantitative estimate of drug-likeness (QED) is 0.666. The molecule has 0 N–H and O–H groups in total. The van der Waals surface area contributed by atoms with E-state index in [4.69, 9.17) is 0 Å². The molecule has 0 aliphatic heterocycles. The first-order valence-corrected chi connectivity index (χ1v) is 9.06. The van der Waals surface area contributed by atoms with Gasteiger partial charge in [0, 0.05) is 0 Å². The second-order valence-corrected chi connectivity index (χ2v) is 10.5. The Hall–Kier alpha value is -0.157. The molecule has 17 heavy (non-hydrogen) atoms. The molecule has 0 bridgehead atoms. The fraction of sp³-hybridized carbons (Fsp3) is 0.500. The standard InChI is InChI=1S/2C8H11.Zr/c2*1-3-8-5-4-7(2)6-8;/h2*4-6H,3H2,1-2H3;. The minimum absolute atomic E-state index is 0.453. The average Bonchev–Trinajstić information content (AvgIpc) is 2.85. The van der Waals surface area contributed by atoms with Crippen molar-refractivity contribution in [3.8, 4) is 0 Å². The van der Waals surface area contributed by atoms with Crippen molar-refractivity contribution in [1.29, 1.82) is 0 Å². The number of rotatable bonds is 4. The van der Waals surface area contributed by atoms with Gasteiger partial charge in [-0.15, -0.1) is 0 Å². The molecule has 0 fully saturated rings. The Morgan fingerprint density at radius 2 is 1.29 bits per heavy atom. The van der Waals surface area contributed by atoms with E-state index in [9.17, 15) is 0 Å². The molecular weight excluding hydrogens is 283 g/mol. The fourth-order valence-corrected chi connectivity index (χ4v) is 8.06. The first kappa shape index (κ1) is 13.3. The zero-order valence-electron chi connectivity index (χ0n) is 11.4. The van der Waals surface area contributed by atoms with E-state index in [2.05, 4.69) is 64.2 Å². The van der Waals surface area contributed by atoms with Gasteiger partial charge in [0.05, 0.1) is 0 Å². The van der Waals surface area contributed by atoms with Gasteiger partial charge < -0.3 is 0 Å². The van der Waals surface area contributed by atoms with Crippen LogP contribution in [0.1, 0.15) is 40.5 Å². The monoisotopic (exact) mass is 304 g/mol. The predicted molar refractivity (Wildman–Crippen MR) is 71.8 cm³/mol. The molecule has 0 heterocycles. The van der Waals surface area contributed by atoms with E-state index in [-0.39, 0.29) is 0 Å². The first-order valence-electron chi connectivity index (χ1n) is 6.60. The van der Waals surface area contributed by atoms with Crippen LogP contribution in [-0.4, -0.2) is 0 Å². The Labute approximate surface area is 117 Å². The van der Waals surface area contributed by atoms with Gasteiger partial charge in [-0.3, -0.25) is 0 Å².